The number of carboxylic acid groups (broad SMARTS) is 1. The van der Waals surface area contributed by atoms with Crippen molar-refractivity contribution >= 4 is 57.2 Å². The molecule has 0 unspecified atom stereocenters. The summed E-state index contributed by atoms with van der Waals surface area (Å²) in [5.41, 5.74) is -0.348. The number of hydrogen-bond donors (Lipinski definition) is 2. The molecule has 27 heavy (non-hydrogen) atoms. The molecular formula is C13H11ClN4O8S. The fourth-order valence-corrected chi connectivity index (χ4v) is 2.95. The topological polar surface area (TPSA) is 178 Å². The lowest BCUT2D eigenvalue weighted by atomic mass is 10.2. The van der Waals surface area contributed by atoms with E-state index in [1.54, 1.807) is 0 Å². The van der Waals surface area contributed by atoms with E-state index < -0.39 is 50.7 Å². The minimum absolute atomic E-state index is 0.348. The van der Waals surface area contributed by atoms with Crippen LogP contribution in [0.5, 0.6) is 0 Å². The summed E-state index contributed by atoms with van der Waals surface area (Å²) in [5, 5.41) is 14.2. The second kappa shape index (κ2) is 7.69. The van der Waals surface area contributed by atoms with Crippen LogP contribution < -0.4 is 10.0 Å². The van der Waals surface area contributed by atoms with Crippen LogP contribution in [0.25, 0.3) is 0 Å². The average Bonchev–Trinajstić information content (AvgIpc) is 2.64. The summed E-state index contributed by atoms with van der Waals surface area (Å²) in [6.45, 7) is 0. The number of amidine groups is 2. The third kappa shape index (κ3) is 4.05. The first-order valence-corrected chi connectivity index (χ1v) is 8.69. The number of ketones is 1. The van der Waals surface area contributed by atoms with Gasteiger partial charge in [0.1, 0.15) is 16.8 Å². The Labute approximate surface area is 157 Å². The number of anilines is 1. The van der Waals surface area contributed by atoms with E-state index in [-0.39, 0.29) is 5.69 Å². The Morgan fingerprint density at radius 2 is 1.93 bits per heavy atom. The van der Waals surface area contributed by atoms with Gasteiger partial charge in [0.15, 0.2) is 0 Å². The molecular weight excluding hydrogens is 408 g/mol. The van der Waals surface area contributed by atoms with E-state index in [2.05, 4.69) is 14.3 Å². The highest BCUT2D eigenvalue weighted by Gasteiger charge is 2.42. The number of carbonyl (C=O) groups is 3. The van der Waals surface area contributed by atoms with Crippen LogP contribution in [-0.4, -0.2) is 56.4 Å². The zero-order valence-corrected chi connectivity index (χ0v) is 15.0. The Kier molecular flexibility index (Phi) is 5.78. The van der Waals surface area contributed by atoms with Crippen LogP contribution in [-0.2, 0) is 33.4 Å². The summed E-state index contributed by atoms with van der Waals surface area (Å²) in [4.78, 5) is 42.8. The number of carbonyl (C=O) groups excluding carboxylic acids is 2. The lowest BCUT2D eigenvalue weighted by Crippen LogP contribution is -2.52. The van der Waals surface area contributed by atoms with E-state index in [4.69, 9.17) is 26.8 Å². The van der Waals surface area contributed by atoms with E-state index in [9.17, 15) is 22.8 Å². The van der Waals surface area contributed by atoms with E-state index in [1.807, 2.05) is 0 Å². The van der Waals surface area contributed by atoms with Crippen molar-refractivity contribution in [3.63, 3.8) is 0 Å². The number of hydrogen-bond acceptors (Lipinski definition) is 10. The van der Waals surface area contributed by atoms with Crippen molar-refractivity contribution in [2.75, 3.05) is 12.0 Å². The van der Waals surface area contributed by atoms with Gasteiger partial charge in [-0.2, -0.15) is 9.98 Å². The number of benzene rings is 1. The van der Waals surface area contributed by atoms with Gasteiger partial charge in [-0.3, -0.25) is 9.69 Å². The molecule has 0 bridgehead atoms. The number of Topliss-reactive ketones (excluding diaryl/α,β-unsaturated/α-hetero) is 1. The van der Waals surface area contributed by atoms with Gasteiger partial charge in [0.2, 0.25) is 22.0 Å². The molecule has 0 saturated carbocycles. The van der Waals surface area contributed by atoms with Crippen LogP contribution in [0.2, 0.25) is 0 Å². The number of aliphatic carboxylic acids is 1. The summed E-state index contributed by atoms with van der Waals surface area (Å²) in [7, 11) is -3.25. The molecule has 1 atom stereocenters. The minimum Gasteiger partial charge on any atom is -0.475 e. The van der Waals surface area contributed by atoms with Crippen molar-refractivity contribution < 1.29 is 36.9 Å². The minimum atomic E-state index is -4.35. The molecule has 0 saturated heterocycles. The third-order valence-corrected chi connectivity index (χ3v) is 4.32. The van der Waals surface area contributed by atoms with Crippen LogP contribution in [0.4, 0.5) is 5.69 Å². The molecule has 1 aliphatic rings. The molecule has 1 heterocycles. The first-order valence-electron chi connectivity index (χ1n) is 6.83. The predicted molar refractivity (Wildman–Crippen MR) is 90.5 cm³/mol. The van der Waals surface area contributed by atoms with Crippen molar-refractivity contribution in [3.8, 4) is 0 Å². The molecule has 12 nitrogen and oxygen atoms in total. The van der Waals surface area contributed by atoms with Crippen molar-refractivity contribution in [2.24, 2.45) is 15.1 Å². The molecule has 1 aromatic rings. The molecule has 0 spiro atoms. The van der Waals surface area contributed by atoms with Crippen LogP contribution in [0.1, 0.15) is 0 Å². The van der Waals surface area contributed by atoms with Crippen molar-refractivity contribution in [3.05, 3.63) is 24.3 Å². The number of ether oxygens (including phenoxy) is 1. The van der Waals surface area contributed by atoms with Gasteiger partial charge in [0.25, 0.3) is 5.78 Å². The number of carboxylic acids is 1. The normalized spacial score (nSPS) is 16.9. The highest BCUT2D eigenvalue weighted by molar-refractivity contribution is 7.89. The number of para-hydroxylation sites is 1. The van der Waals surface area contributed by atoms with Gasteiger partial charge in [-0.1, -0.05) is 12.1 Å². The molecule has 0 amide bonds. The number of nitrogens with zero attached hydrogens (tertiary/aromatic N) is 3. The summed E-state index contributed by atoms with van der Waals surface area (Å²) in [6, 6.07) is 4.38. The third-order valence-electron chi connectivity index (χ3n) is 3.22. The van der Waals surface area contributed by atoms with Crippen molar-refractivity contribution in [1.82, 2.24) is 0 Å². The van der Waals surface area contributed by atoms with Gasteiger partial charge in [-0.25, -0.2) is 23.1 Å². The van der Waals surface area contributed by atoms with Gasteiger partial charge < -0.3 is 14.1 Å². The maximum atomic E-state index is 12.1. The Balaban J connectivity index is 2.80. The molecule has 3 N–H and O–H groups in total. The first-order chi connectivity index (χ1) is 12.6. The van der Waals surface area contributed by atoms with Gasteiger partial charge >= 0.3 is 18.0 Å². The fraction of sp³-hybridized carbons (Fsp3) is 0.154. The van der Waals surface area contributed by atoms with Crippen molar-refractivity contribution in [2.45, 2.75) is 11.1 Å². The molecule has 0 aliphatic carbocycles. The number of aliphatic imine (C=N–C) groups is 2. The van der Waals surface area contributed by atoms with Crippen LogP contribution in [0.3, 0.4) is 0 Å². The monoisotopic (exact) mass is 418 g/mol. The van der Waals surface area contributed by atoms with Gasteiger partial charge in [0, 0.05) is 0 Å². The predicted octanol–water partition coefficient (Wildman–Crippen LogP) is -0.768. The van der Waals surface area contributed by atoms with E-state index >= 15 is 0 Å². The Morgan fingerprint density at radius 3 is 2.44 bits per heavy atom. The molecule has 2 rings (SSSR count). The standard InChI is InChI=1S/C13H11ClN4O8S/c1-25-13-16-9(8(19)11(20)21)18(10(17-13)12(22)26-14)6-4-2-3-5-7(6)27(15,23)24/h2-5,9H,1H3,(H,20,21)(H2,15,23,24)/t9-/m0/s1. The summed E-state index contributed by atoms with van der Waals surface area (Å²) in [5.74, 6) is -5.48. The maximum absolute atomic E-state index is 12.1. The second-order valence-corrected chi connectivity index (χ2v) is 6.53. The first kappa shape index (κ1) is 20.3. The second-order valence-electron chi connectivity index (χ2n) is 4.84. The number of methoxy groups -OCH3 is 1. The number of halogens is 1. The average molecular weight is 419 g/mol. The smallest absolute Gasteiger partial charge is 0.392 e. The molecule has 144 valence electrons. The van der Waals surface area contributed by atoms with Gasteiger partial charge in [-0.05, 0) is 12.1 Å². The van der Waals surface area contributed by atoms with Crippen LogP contribution in [0, 0.1) is 0 Å². The molecule has 0 radical (unpaired) electrons. The van der Waals surface area contributed by atoms with Crippen LogP contribution >= 0.6 is 11.9 Å². The van der Waals surface area contributed by atoms with Crippen LogP contribution in [0.15, 0.2) is 39.1 Å². The number of primary sulfonamides is 1. The van der Waals surface area contributed by atoms with Gasteiger partial charge in [0.05, 0.1) is 12.8 Å². The highest BCUT2D eigenvalue weighted by Crippen LogP contribution is 2.29. The SMILES string of the molecule is COC1=N[C@H](C(=O)C(=O)O)N(c2ccccc2S(N)(=O)=O)C(C(=O)OCl)=N1. The van der Waals surface area contributed by atoms with E-state index in [1.165, 1.54) is 12.1 Å². The summed E-state index contributed by atoms with van der Waals surface area (Å²) >= 11 is 5.07. The summed E-state index contributed by atoms with van der Waals surface area (Å²) < 4.78 is 32.6. The maximum Gasteiger partial charge on any atom is 0.392 e. The fourth-order valence-electron chi connectivity index (χ4n) is 2.16. The molecule has 14 heteroatoms. The Hall–Kier alpha value is -3.03. The Bertz CT molecular complexity index is 974. The lowest BCUT2D eigenvalue weighted by molar-refractivity contribution is -0.149. The number of rotatable bonds is 5. The molecule has 0 fully saturated rings. The quantitative estimate of drug-likeness (QED) is 0.580. The number of nitrogens with two attached hydrogens (primary N) is 1. The molecule has 1 aromatic carbocycles. The van der Waals surface area contributed by atoms with E-state index in [0.29, 0.717) is 4.90 Å². The molecule has 0 aromatic heterocycles. The van der Waals surface area contributed by atoms with Crippen molar-refractivity contribution in [1.29, 1.82) is 0 Å². The molecule has 1 aliphatic heterocycles. The van der Waals surface area contributed by atoms with Gasteiger partial charge in [-0.15, -0.1) is 0 Å². The lowest BCUT2D eigenvalue weighted by Gasteiger charge is -2.32. The highest BCUT2D eigenvalue weighted by atomic mass is 35.5. The Morgan fingerprint density at radius 1 is 1.30 bits per heavy atom. The zero-order chi connectivity index (χ0) is 20.4. The zero-order valence-electron chi connectivity index (χ0n) is 13.4. The number of sulfonamides is 1. The largest absolute Gasteiger partial charge is 0.475 e. The summed E-state index contributed by atoms with van der Waals surface area (Å²) in [6.07, 6.45) is -1.94. The van der Waals surface area contributed by atoms with E-state index in [0.717, 1.165) is 19.2 Å².